The summed E-state index contributed by atoms with van der Waals surface area (Å²) in [7, 11) is 0. The zero-order valence-corrected chi connectivity index (χ0v) is 8.29. The van der Waals surface area contributed by atoms with Crippen molar-refractivity contribution >= 4 is 5.78 Å². The Morgan fingerprint density at radius 3 is 2.64 bits per heavy atom. The van der Waals surface area contributed by atoms with E-state index < -0.39 is 5.60 Å². The van der Waals surface area contributed by atoms with Crippen LogP contribution in [0.1, 0.15) is 24.5 Å². The molecule has 1 aliphatic carbocycles. The molecule has 0 aliphatic heterocycles. The van der Waals surface area contributed by atoms with Gasteiger partial charge in [0.1, 0.15) is 5.60 Å². The highest BCUT2D eigenvalue weighted by atomic mass is 16.3. The molecule has 0 bridgehead atoms. The molecule has 0 spiro atoms. The zero-order valence-electron chi connectivity index (χ0n) is 8.29. The minimum absolute atomic E-state index is 0.119. The largest absolute Gasteiger partial charge is 0.382 e. The lowest BCUT2D eigenvalue weighted by molar-refractivity contribution is -0.136. The Hall–Kier alpha value is -1.15. The van der Waals surface area contributed by atoms with Gasteiger partial charge in [-0.2, -0.15) is 0 Å². The van der Waals surface area contributed by atoms with Gasteiger partial charge in [0.25, 0.3) is 0 Å². The highest BCUT2D eigenvalue weighted by Gasteiger charge is 2.35. The molecule has 0 saturated heterocycles. The van der Waals surface area contributed by atoms with Gasteiger partial charge in [-0.15, -0.1) is 0 Å². The molecule has 0 amide bonds. The number of carbonyl (C=O) groups excluding carboxylic acids is 1. The Bertz CT molecular complexity index is 370. The number of hydrogen-bond acceptors (Lipinski definition) is 2. The van der Waals surface area contributed by atoms with Crippen LogP contribution in [0.15, 0.2) is 24.3 Å². The molecule has 1 N–H and O–H groups in total. The summed E-state index contributed by atoms with van der Waals surface area (Å²) in [6, 6.07) is 8.00. The maximum absolute atomic E-state index is 11.3. The van der Waals surface area contributed by atoms with Crippen molar-refractivity contribution in [3.05, 3.63) is 35.4 Å². The predicted octanol–water partition coefficient (Wildman–Crippen LogP) is 1.50. The number of rotatable bonds is 1. The maximum atomic E-state index is 11.3. The van der Waals surface area contributed by atoms with Gasteiger partial charge in [0.15, 0.2) is 5.78 Å². The monoisotopic (exact) mass is 190 g/mol. The molecule has 2 heteroatoms. The summed E-state index contributed by atoms with van der Waals surface area (Å²) in [5.74, 6) is -0.119. The molecule has 0 fully saturated rings. The van der Waals surface area contributed by atoms with Gasteiger partial charge < -0.3 is 5.11 Å². The fourth-order valence-corrected chi connectivity index (χ4v) is 2.02. The van der Waals surface area contributed by atoms with Crippen LogP contribution in [0.4, 0.5) is 0 Å². The van der Waals surface area contributed by atoms with Crippen LogP contribution in [0.3, 0.4) is 0 Å². The average molecular weight is 190 g/mol. The Labute approximate surface area is 83.6 Å². The van der Waals surface area contributed by atoms with Crippen LogP contribution in [0.5, 0.6) is 0 Å². The van der Waals surface area contributed by atoms with E-state index >= 15 is 0 Å². The summed E-state index contributed by atoms with van der Waals surface area (Å²) in [4.78, 5) is 11.3. The third kappa shape index (κ3) is 1.46. The highest BCUT2D eigenvalue weighted by molar-refractivity contribution is 5.85. The summed E-state index contributed by atoms with van der Waals surface area (Å²) in [6.07, 6.45) is 1.82. The molecular formula is C12H14O2. The normalized spacial score (nSPS) is 25.6. The van der Waals surface area contributed by atoms with Crippen molar-refractivity contribution < 1.29 is 9.90 Å². The van der Waals surface area contributed by atoms with Gasteiger partial charge in [-0.25, -0.2) is 0 Å². The highest BCUT2D eigenvalue weighted by Crippen LogP contribution is 2.29. The smallest absolute Gasteiger partial charge is 0.161 e. The van der Waals surface area contributed by atoms with Crippen LogP contribution in [0, 0.1) is 0 Å². The van der Waals surface area contributed by atoms with Crippen molar-refractivity contribution in [1.82, 2.24) is 0 Å². The number of aliphatic hydroxyl groups is 1. The third-order valence-electron chi connectivity index (χ3n) is 3.06. The number of aryl methyl sites for hydroxylation is 1. The van der Waals surface area contributed by atoms with Gasteiger partial charge in [-0.1, -0.05) is 24.3 Å². The molecule has 1 aromatic rings. The molecule has 1 atom stereocenters. The van der Waals surface area contributed by atoms with Crippen molar-refractivity contribution in [1.29, 1.82) is 0 Å². The van der Waals surface area contributed by atoms with Crippen molar-refractivity contribution in [2.45, 2.75) is 31.8 Å². The first-order valence-electron chi connectivity index (χ1n) is 4.92. The maximum Gasteiger partial charge on any atom is 0.161 e. The summed E-state index contributed by atoms with van der Waals surface area (Å²) in [6.45, 7) is 1.47. The van der Waals surface area contributed by atoms with E-state index in [-0.39, 0.29) is 5.78 Å². The minimum atomic E-state index is -1.12. The van der Waals surface area contributed by atoms with Crippen LogP contribution in [0.25, 0.3) is 0 Å². The second-order valence-electron chi connectivity index (χ2n) is 4.03. The van der Waals surface area contributed by atoms with E-state index in [1.165, 1.54) is 12.5 Å². The molecule has 0 saturated carbocycles. The van der Waals surface area contributed by atoms with Gasteiger partial charge in [0, 0.05) is 6.42 Å². The van der Waals surface area contributed by atoms with Crippen LogP contribution in [-0.4, -0.2) is 16.5 Å². The molecule has 0 aromatic heterocycles. The lowest BCUT2D eigenvalue weighted by Gasteiger charge is -2.31. The van der Waals surface area contributed by atoms with Crippen molar-refractivity contribution in [2.75, 3.05) is 0 Å². The molecule has 74 valence electrons. The lowest BCUT2D eigenvalue weighted by Crippen LogP contribution is -2.42. The number of carbonyl (C=O) groups is 1. The Balaban J connectivity index is 2.34. The summed E-state index contributed by atoms with van der Waals surface area (Å²) in [5.41, 5.74) is 1.25. The van der Waals surface area contributed by atoms with E-state index in [0.717, 1.165) is 12.0 Å². The lowest BCUT2D eigenvalue weighted by atomic mass is 9.78. The Morgan fingerprint density at radius 1 is 1.36 bits per heavy atom. The first-order valence-corrected chi connectivity index (χ1v) is 4.92. The van der Waals surface area contributed by atoms with Crippen LogP contribution < -0.4 is 0 Å². The van der Waals surface area contributed by atoms with Gasteiger partial charge in [0.2, 0.25) is 0 Å². The van der Waals surface area contributed by atoms with Gasteiger partial charge >= 0.3 is 0 Å². The average Bonchev–Trinajstić information content (AvgIpc) is 2.17. The van der Waals surface area contributed by atoms with E-state index in [1.54, 1.807) is 0 Å². The zero-order chi connectivity index (χ0) is 10.2. The van der Waals surface area contributed by atoms with Crippen molar-refractivity contribution in [3.8, 4) is 0 Å². The van der Waals surface area contributed by atoms with E-state index in [4.69, 9.17) is 0 Å². The van der Waals surface area contributed by atoms with Gasteiger partial charge in [0.05, 0.1) is 0 Å². The number of Topliss-reactive ketones (excluding diaryl/α,β-unsaturated/α-hetero) is 1. The number of fused-ring (bicyclic) bond motifs is 1. The van der Waals surface area contributed by atoms with Crippen molar-refractivity contribution in [3.63, 3.8) is 0 Å². The summed E-state index contributed by atoms with van der Waals surface area (Å²) < 4.78 is 0. The molecule has 0 unspecified atom stereocenters. The summed E-state index contributed by atoms with van der Waals surface area (Å²) >= 11 is 0. The first-order chi connectivity index (χ1) is 6.62. The van der Waals surface area contributed by atoms with Crippen LogP contribution in [0.2, 0.25) is 0 Å². The number of ketones is 1. The Morgan fingerprint density at radius 2 is 2.00 bits per heavy atom. The van der Waals surface area contributed by atoms with Crippen molar-refractivity contribution in [2.24, 2.45) is 0 Å². The fourth-order valence-electron chi connectivity index (χ4n) is 2.02. The summed E-state index contributed by atoms with van der Waals surface area (Å²) in [5, 5.41) is 10.0. The molecule has 1 aromatic carbocycles. The molecule has 0 radical (unpaired) electrons. The first kappa shape index (κ1) is 9.41. The SMILES string of the molecule is CC(=O)[C@@]1(O)CCc2ccccc2C1. The molecule has 0 heterocycles. The van der Waals surface area contributed by atoms with Crippen LogP contribution >= 0.6 is 0 Å². The van der Waals surface area contributed by atoms with Gasteiger partial charge in [-0.3, -0.25) is 4.79 Å². The number of benzene rings is 1. The number of hydrogen-bond donors (Lipinski definition) is 1. The third-order valence-corrected chi connectivity index (χ3v) is 3.06. The quantitative estimate of drug-likeness (QED) is 0.728. The van der Waals surface area contributed by atoms with E-state index in [0.29, 0.717) is 12.8 Å². The van der Waals surface area contributed by atoms with E-state index in [9.17, 15) is 9.90 Å². The second kappa shape index (κ2) is 3.21. The standard InChI is InChI=1S/C12H14O2/c1-9(13)12(14)7-6-10-4-2-3-5-11(10)8-12/h2-5,14H,6-8H2,1H3/t12-/m1/s1. The molecule has 2 rings (SSSR count). The minimum Gasteiger partial charge on any atom is -0.382 e. The Kier molecular flexibility index (Phi) is 2.16. The topological polar surface area (TPSA) is 37.3 Å². The van der Waals surface area contributed by atoms with E-state index in [1.807, 2.05) is 18.2 Å². The van der Waals surface area contributed by atoms with Gasteiger partial charge in [-0.05, 0) is 30.9 Å². The van der Waals surface area contributed by atoms with E-state index in [2.05, 4.69) is 6.07 Å². The molecule has 1 aliphatic rings. The van der Waals surface area contributed by atoms with Crippen LogP contribution in [-0.2, 0) is 17.6 Å². The predicted molar refractivity (Wildman–Crippen MR) is 54.1 cm³/mol. The fraction of sp³-hybridized carbons (Fsp3) is 0.417. The molecule has 14 heavy (non-hydrogen) atoms. The molecular weight excluding hydrogens is 176 g/mol. The second-order valence-corrected chi connectivity index (χ2v) is 4.03. The molecule has 2 nitrogen and oxygen atoms in total.